The molecule has 0 bridgehead atoms. The molecule has 1 aromatic carbocycles. The maximum Gasteiger partial charge on any atom is 0.225 e. The molecule has 0 spiro atoms. The van der Waals surface area contributed by atoms with E-state index in [1.165, 1.54) is 12.1 Å². The van der Waals surface area contributed by atoms with Gasteiger partial charge in [-0.2, -0.15) is 0 Å². The van der Waals surface area contributed by atoms with Crippen molar-refractivity contribution >= 4 is 5.95 Å². The van der Waals surface area contributed by atoms with Gasteiger partial charge in [-0.05, 0) is 29.7 Å². The van der Waals surface area contributed by atoms with Crippen LogP contribution in [-0.2, 0) is 13.0 Å². The lowest BCUT2D eigenvalue weighted by Crippen LogP contribution is -2.19. The number of benzene rings is 1. The SMILES string of the molecule is CCc1cnc(N(C)Cc2ccc(F)cc2)nc1. The van der Waals surface area contributed by atoms with Crippen molar-refractivity contribution in [3.8, 4) is 0 Å². The standard InChI is InChI=1S/C14H16FN3/c1-3-11-8-16-14(17-9-11)18(2)10-12-4-6-13(15)7-5-12/h4-9H,3,10H2,1-2H3. The summed E-state index contributed by atoms with van der Waals surface area (Å²) >= 11 is 0. The van der Waals surface area contributed by atoms with Crippen LogP contribution in [0.1, 0.15) is 18.1 Å². The highest BCUT2D eigenvalue weighted by Crippen LogP contribution is 2.11. The summed E-state index contributed by atoms with van der Waals surface area (Å²) in [7, 11) is 1.92. The molecule has 0 aliphatic rings. The van der Waals surface area contributed by atoms with Crippen molar-refractivity contribution in [3.05, 3.63) is 53.6 Å². The van der Waals surface area contributed by atoms with E-state index in [0.717, 1.165) is 17.5 Å². The van der Waals surface area contributed by atoms with Crippen molar-refractivity contribution in [1.82, 2.24) is 9.97 Å². The normalized spacial score (nSPS) is 10.4. The van der Waals surface area contributed by atoms with Crippen LogP contribution in [0.4, 0.5) is 10.3 Å². The maximum atomic E-state index is 12.8. The average molecular weight is 245 g/mol. The third-order valence-electron chi connectivity index (χ3n) is 2.77. The van der Waals surface area contributed by atoms with Gasteiger partial charge in [-0.1, -0.05) is 19.1 Å². The molecule has 0 fully saturated rings. The number of nitrogens with zero attached hydrogens (tertiary/aromatic N) is 3. The number of aryl methyl sites for hydroxylation is 1. The van der Waals surface area contributed by atoms with Gasteiger partial charge in [0, 0.05) is 26.0 Å². The predicted octanol–water partition coefficient (Wildman–Crippen LogP) is 2.81. The lowest BCUT2D eigenvalue weighted by Gasteiger charge is -2.17. The van der Waals surface area contributed by atoms with Gasteiger partial charge in [0.15, 0.2) is 0 Å². The zero-order valence-electron chi connectivity index (χ0n) is 10.6. The molecule has 4 heteroatoms. The smallest absolute Gasteiger partial charge is 0.225 e. The molecule has 0 saturated carbocycles. The van der Waals surface area contributed by atoms with Crippen LogP contribution in [0.15, 0.2) is 36.7 Å². The van der Waals surface area contributed by atoms with E-state index in [4.69, 9.17) is 0 Å². The molecule has 94 valence electrons. The Morgan fingerprint density at radius 2 is 1.67 bits per heavy atom. The maximum absolute atomic E-state index is 12.8. The van der Waals surface area contributed by atoms with Gasteiger partial charge >= 0.3 is 0 Å². The van der Waals surface area contributed by atoms with E-state index in [0.29, 0.717) is 12.5 Å². The monoisotopic (exact) mass is 245 g/mol. The zero-order valence-corrected chi connectivity index (χ0v) is 10.6. The van der Waals surface area contributed by atoms with Crippen LogP contribution < -0.4 is 4.90 Å². The van der Waals surface area contributed by atoms with Gasteiger partial charge in [0.2, 0.25) is 5.95 Å². The molecule has 0 aliphatic heterocycles. The summed E-state index contributed by atoms with van der Waals surface area (Å²) in [5, 5.41) is 0. The second-order valence-electron chi connectivity index (χ2n) is 4.23. The third kappa shape index (κ3) is 3.03. The molecule has 0 aliphatic carbocycles. The topological polar surface area (TPSA) is 29.0 Å². The summed E-state index contributed by atoms with van der Waals surface area (Å²) < 4.78 is 12.8. The zero-order chi connectivity index (χ0) is 13.0. The number of rotatable bonds is 4. The van der Waals surface area contributed by atoms with Gasteiger partial charge in [-0.3, -0.25) is 0 Å². The highest BCUT2D eigenvalue weighted by Gasteiger charge is 2.05. The second-order valence-corrected chi connectivity index (χ2v) is 4.23. The van der Waals surface area contributed by atoms with Gasteiger partial charge in [-0.25, -0.2) is 14.4 Å². The van der Waals surface area contributed by atoms with Crippen molar-refractivity contribution in [2.75, 3.05) is 11.9 Å². The number of anilines is 1. The molecule has 3 nitrogen and oxygen atoms in total. The van der Waals surface area contributed by atoms with Gasteiger partial charge in [-0.15, -0.1) is 0 Å². The average Bonchev–Trinajstić information content (AvgIpc) is 2.41. The molecule has 0 N–H and O–H groups in total. The summed E-state index contributed by atoms with van der Waals surface area (Å²) in [6.07, 6.45) is 4.61. The number of hydrogen-bond acceptors (Lipinski definition) is 3. The highest BCUT2D eigenvalue weighted by molar-refractivity contribution is 5.31. The van der Waals surface area contributed by atoms with Crippen LogP contribution in [0.2, 0.25) is 0 Å². The molecule has 0 saturated heterocycles. The lowest BCUT2D eigenvalue weighted by atomic mass is 10.2. The Kier molecular flexibility index (Phi) is 3.87. The van der Waals surface area contributed by atoms with E-state index >= 15 is 0 Å². The van der Waals surface area contributed by atoms with Crippen molar-refractivity contribution in [2.24, 2.45) is 0 Å². The van der Waals surface area contributed by atoms with E-state index in [-0.39, 0.29) is 5.82 Å². The first-order chi connectivity index (χ1) is 8.69. The van der Waals surface area contributed by atoms with E-state index in [9.17, 15) is 4.39 Å². The van der Waals surface area contributed by atoms with Crippen molar-refractivity contribution in [2.45, 2.75) is 19.9 Å². The minimum atomic E-state index is -0.218. The summed E-state index contributed by atoms with van der Waals surface area (Å²) in [6, 6.07) is 6.47. The van der Waals surface area contributed by atoms with Crippen LogP contribution >= 0.6 is 0 Å². The van der Waals surface area contributed by atoms with Crippen molar-refractivity contribution in [3.63, 3.8) is 0 Å². The fourth-order valence-electron chi connectivity index (χ4n) is 1.66. The molecule has 0 unspecified atom stereocenters. The Morgan fingerprint density at radius 3 is 2.22 bits per heavy atom. The Morgan fingerprint density at radius 1 is 1.06 bits per heavy atom. The predicted molar refractivity (Wildman–Crippen MR) is 69.9 cm³/mol. The Labute approximate surface area is 106 Å². The van der Waals surface area contributed by atoms with Gasteiger partial charge in [0.05, 0.1) is 0 Å². The third-order valence-corrected chi connectivity index (χ3v) is 2.77. The quantitative estimate of drug-likeness (QED) is 0.829. The minimum absolute atomic E-state index is 0.218. The van der Waals surface area contributed by atoms with Crippen molar-refractivity contribution in [1.29, 1.82) is 0 Å². The van der Waals surface area contributed by atoms with Gasteiger partial charge in [0.25, 0.3) is 0 Å². The minimum Gasteiger partial charge on any atom is -0.340 e. The van der Waals surface area contributed by atoms with Crippen LogP contribution in [0, 0.1) is 5.82 Å². The lowest BCUT2D eigenvalue weighted by molar-refractivity contribution is 0.627. The molecular weight excluding hydrogens is 229 g/mol. The van der Waals surface area contributed by atoms with Gasteiger partial charge in [0.1, 0.15) is 5.82 Å². The van der Waals surface area contributed by atoms with Gasteiger partial charge < -0.3 is 4.90 Å². The first kappa shape index (κ1) is 12.5. The van der Waals surface area contributed by atoms with E-state index in [1.807, 2.05) is 24.3 Å². The van der Waals surface area contributed by atoms with Crippen LogP contribution in [0.3, 0.4) is 0 Å². The summed E-state index contributed by atoms with van der Waals surface area (Å²) in [5.41, 5.74) is 2.15. The molecule has 0 atom stereocenters. The molecule has 0 amide bonds. The fourth-order valence-corrected chi connectivity index (χ4v) is 1.66. The Bertz CT molecular complexity index is 493. The molecule has 0 radical (unpaired) electrons. The molecule has 2 aromatic rings. The number of aromatic nitrogens is 2. The van der Waals surface area contributed by atoms with E-state index in [1.54, 1.807) is 12.1 Å². The fraction of sp³-hybridized carbons (Fsp3) is 0.286. The number of hydrogen-bond donors (Lipinski definition) is 0. The summed E-state index contributed by atoms with van der Waals surface area (Å²) in [6.45, 7) is 2.73. The summed E-state index contributed by atoms with van der Waals surface area (Å²) in [4.78, 5) is 10.5. The van der Waals surface area contributed by atoms with Crippen molar-refractivity contribution < 1.29 is 4.39 Å². The molecule has 1 aromatic heterocycles. The van der Waals surface area contributed by atoms with Crippen LogP contribution in [0.5, 0.6) is 0 Å². The highest BCUT2D eigenvalue weighted by atomic mass is 19.1. The van der Waals surface area contributed by atoms with E-state index < -0.39 is 0 Å². The second kappa shape index (κ2) is 5.58. The molecule has 18 heavy (non-hydrogen) atoms. The molecular formula is C14H16FN3. The molecule has 2 rings (SSSR count). The number of halogens is 1. The first-order valence-electron chi connectivity index (χ1n) is 5.95. The summed E-state index contributed by atoms with van der Waals surface area (Å²) in [5.74, 6) is 0.460. The van der Waals surface area contributed by atoms with Crippen LogP contribution in [-0.4, -0.2) is 17.0 Å². The Hall–Kier alpha value is -1.97. The van der Waals surface area contributed by atoms with Crippen LogP contribution in [0.25, 0.3) is 0 Å². The first-order valence-corrected chi connectivity index (χ1v) is 5.95. The van der Waals surface area contributed by atoms with E-state index in [2.05, 4.69) is 16.9 Å². The Balaban J connectivity index is 2.06. The molecule has 1 heterocycles. The largest absolute Gasteiger partial charge is 0.340 e.